The summed E-state index contributed by atoms with van der Waals surface area (Å²) in [6, 6.07) is 1.08. The van der Waals surface area contributed by atoms with Gasteiger partial charge in [-0.15, -0.1) is 0 Å². The zero-order valence-electron chi connectivity index (χ0n) is 13.2. The Hall–Kier alpha value is -2.08. The lowest BCUT2D eigenvalue weighted by Gasteiger charge is -2.30. The minimum Gasteiger partial charge on any atom is -0.322 e. The second-order valence-corrected chi connectivity index (χ2v) is 6.34. The van der Waals surface area contributed by atoms with Crippen LogP contribution in [0.4, 0.5) is 11.6 Å². The number of aromatic nitrogens is 4. The predicted octanol–water partition coefficient (Wildman–Crippen LogP) is 3.09. The van der Waals surface area contributed by atoms with E-state index < -0.39 is 0 Å². The Morgan fingerprint density at radius 3 is 2.57 bits per heavy atom. The molecule has 0 radical (unpaired) electrons. The summed E-state index contributed by atoms with van der Waals surface area (Å²) < 4.78 is 0. The van der Waals surface area contributed by atoms with E-state index in [-0.39, 0.29) is 0 Å². The number of hydrogen-bond donors (Lipinski definition) is 1. The molecule has 1 saturated carbocycles. The minimum absolute atomic E-state index is 0.367. The van der Waals surface area contributed by atoms with Crippen molar-refractivity contribution in [3.05, 3.63) is 36.7 Å². The minimum atomic E-state index is 0.367. The van der Waals surface area contributed by atoms with Crippen LogP contribution in [0.5, 0.6) is 0 Å². The van der Waals surface area contributed by atoms with E-state index in [1.54, 1.807) is 31.0 Å². The van der Waals surface area contributed by atoms with Gasteiger partial charge in [0, 0.05) is 30.8 Å². The van der Waals surface area contributed by atoms with E-state index in [1.807, 2.05) is 0 Å². The largest absolute Gasteiger partial charge is 0.322 e. The monoisotopic (exact) mass is 310 g/mol. The number of hydrogen-bond acceptors (Lipinski definition) is 6. The molecule has 1 atom stereocenters. The third kappa shape index (κ3) is 3.03. The van der Waals surface area contributed by atoms with Crippen molar-refractivity contribution >= 4 is 11.6 Å². The quantitative estimate of drug-likeness (QED) is 0.936. The van der Waals surface area contributed by atoms with E-state index in [2.05, 4.69) is 30.2 Å². The molecule has 0 spiro atoms. The van der Waals surface area contributed by atoms with Gasteiger partial charge in [0.25, 0.3) is 0 Å². The Labute approximate surface area is 136 Å². The lowest BCUT2D eigenvalue weighted by Crippen LogP contribution is -2.33. The molecular formula is C17H22N6. The molecule has 1 N–H and O–H groups in total. The Balaban J connectivity index is 1.60. The first-order valence-corrected chi connectivity index (χ1v) is 8.51. The van der Waals surface area contributed by atoms with E-state index in [4.69, 9.17) is 0 Å². The first kappa shape index (κ1) is 14.5. The van der Waals surface area contributed by atoms with Gasteiger partial charge < -0.3 is 5.32 Å². The van der Waals surface area contributed by atoms with Crippen molar-refractivity contribution in [2.75, 3.05) is 11.9 Å². The molecule has 23 heavy (non-hydrogen) atoms. The second-order valence-electron chi connectivity index (χ2n) is 6.34. The van der Waals surface area contributed by atoms with Gasteiger partial charge in [-0.1, -0.05) is 12.8 Å². The first-order valence-electron chi connectivity index (χ1n) is 8.51. The molecular weight excluding hydrogens is 288 g/mol. The molecule has 0 bridgehead atoms. The van der Waals surface area contributed by atoms with Gasteiger partial charge >= 0.3 is 0 Å². The average Bonchev–Trinajstić information content (AvgIpc) is 3.27. The molecule has 1 aliphatic heterocycles. The normalized spacial score (nSPS) is 22.5. The molecule has 1 saturated heterocycles. The van der Waals surface area contributed by atoms with Crippen molar-refractivity contribution in [2.45, 2.75) is 50.6 Å². The van der Waals surface area contributed by atoms with Crippen LogP contribution in [0.1, 0.15) is 50.3 Å². The van der Waals surface area contributed by atoms with Gasteiger partial charge in [-0.05, 0) is 32.2 Å². The summed E-state index contributed by atoms with van der Waals surface area (Å²) in [6.45, 7) is 1.18. The van der Waals surface area contributed by atoms with Gasteiger partial charge in [0.2, 0.25) is 0 Å². The van der Waals surface area contributed by atoms with Crippen LogP contribution in [0.15, 0.2) is 31.0 Å². The van der Waals surface area contributed by atoms with Crippen LogP contribution in [0.25, 0.3) is 0 Å². The maximum Gasteiger partial charge on any atom is 0.154 e. The Kier molecular flexibility index (Phi) is 4.15. The predicted molar refractivity (Wildman–Crippen MR) is 88.3 cm³/mol. The second kappa shape index (κ2) is 6.58. The highest BCUT2D eigenvalue weighted by molar-refractivity contribution is 5.53. The fourth-order valence-corrected chi connectivity index (χ4v) is 3.93. The molecule has 0 aromatic carbocycles. The van der Waals surface area contributed by atoms with Gasteiger partial charge in [-0.3, -0.25) is 14.9 Å². The molecule has 120 valence electrons. The van der Waals surface area contributed by atoms with Crippen molar-refractivity contribution in [3.8, 4) is 0 Å². The highest BCUT2D eigenvalue weighted by Crippen LogP contribution is 2.39. The van der Waals surface area contributed by atoms with Crippen LogP contribution in [0.2, 0.25) is 0 Å². The van der Waals surface area contributed by atoms with Crippen LogP contribution in [-0.2, 0) is 0 Å². The lowest BCUT2D eigenvalue weighted by atomic mass is 10.1. The molecule has 6 heteroatoms. The molecule has 0 unspecified atom stereocenters. The SMILES string of the molecule is c1cnc(Nc2nccnc2[C@H]2CCCN2C2CCCC2)cn1. The number of rotatable bonds is 4. The Morgan fingerprint density at radius 1 is 0.913 bits per heavy atom. The van der Waals surface area contributed by atoms with Crippen LogP contribution < -0.4 is 5.32 Å². The van der Waals surface area contributed by atoms with Crippen molar-refractivity contribution < 1.29 is 0 Å². The van der Waals surface area contributed by atoms with Crippen LogP contribution in [-0.4, -0.2) is 37.4 Å². The summed E-state index contributed by atoms with van der Waals surface area (Å²) in [6.07, 6.45) is 16.3. The summed E-state index contributed by atoms with van der Waals surface area (Å²) >= 11 is 0. The van der Waals surface area contributed by atoms with Gasteiger partial charge in [0.05, 0.1) is 12.2 Å². The molecule has 4 rings (SSSR count). The molecule has 2 aromatic heterocycles. The van der Waals surface area contributed by atoms with Crippen molar-refractivity contribution in [3.63, 3.8) is 0 Å². The topological polar surface area (TPSA) is 66.8 Å². The smallest absolute Gasteiger partial charge is 0.154 e. The van der Waals surface area contributed by atoms with Gasteiger partial charge in [0.15, 0.2) is 5.82 Å². The van der Waals surface area contributed by atoms with Crippen LogP contribution in [0, 0.1) is 0 Å². The third-order valence-electron chi connectivity index (χ3n) is 4.94. The molecule has 2 aromatic rings. The fraction of sp³-hybridized carbons (Fsp3) is 0.529. The van der Waals surface area contributed by atoms with Crippen molar-refractivity contribution in [1.82, 2.24) is 24.8 Å². The molecule has 2 fully saturated rings. The molecule has 6 nitrogen and oxygen atoms in total. The van der Waals surface area contributed by atoms with E-state index in [9.17, 15) is 0 Å². The van der Waals surface area contributed by atoms with Gasteiger partial charge in [-0.25, -0.2) is 9.97 Å². The van der Waals surface area contributed by atoms with E-state index in [1.165, 1.54) is 38.6 Å². The molecule has 0 amide bonds. The van der Waals surface area contributed by atoms with Crippen molar-refractivity contribution in [1.29, 1.82) is 0 Å². The van der Waals surface area contributed by atoms with Crippen molar-refractivity contribution in [2.24, 2.45) is 0 Å². The molecule has 2 aliphatic rings. The Morgan fingerprint density at radius 2 is 1.74 bits per heavy atom. The van der Waals surface area contributed by atoms with E-state index >= 15 is 0 Å². The summed E-state index contributed by atoms with van der Waals surface area (Å²) in [5.74, 6) is 1.52. The van der Waals surface area contributed by atoms with E-state index in [0.717, 1.165) is 17.9 Å². The summed E-state index contributed by atoms with van der Waals surface area (Å²) in [5.41, 5.74) is 1.04. The van der Waals surface area contributed by atoms with Crippen LogP contribution >= 0.6 is 0 Å². The zero-order chi connectivity index (χ0) is 15.5. The standard InChI is InChI=1S/C17H22N6/c1-2-5-13(4-1)23-11-3-6-14(23)16-17(21-10-9-20-16)22-15-12-18-7-8-19-15/h7-10,12-14H,1-6,11H2,(H,19,21,22)/t14-/m1/s1. The summed E-state index contributed by atoms with van der Waals surface area (Å²) in [5, 5.41) is 3.29. The highest BCUT2D eigenvalue weighted by atomic mass is 15.2. The average molecular weight is 310 g/mol. The summed E-state index contributed by atoms with van der Waals surface area (Å²) in [4.78, 5) is 20.2. The zero-order valence-corrected chi connectivity index (χ0v) is 13.2. The summed E-state index contributed by atoms with van der Waals surface area (Å²) in [7, 11) is 0. The number of likely N-dealkylation sites (tertiary alicyclic amines) is 1. The Bertz CT molecular complexity index is 641. The molecule has 1 aliphatic carbocycles. The fourth-order valence-electron chi connectivity index (χ4n) is 3.93. The maximum atomic E-state index is 4.66. The lowest BCUT2D eigenvalue weighted by molar-refractivity contribution is 0.180. The van der Waals surface area contributed by atoms with Crippen LogP contribution in [0.3, 0.4) is 0 Å². The maximum absolute atomic E-state index is 4.66. The number of nitrogens with one attached hydrogen (secondary N) is 1. The highest BCUT2D eigenvalue weighted by Gasteiger charge is 2.35. The number of nitrogens with zero attached hydrogens (tertiary/aromatic N) is 5. The molecule has 3 heterocycles. The third-order valence-corrected chi connectivity index (χ3v) is 4.94. The van der Waals surface area contributed by atoms with E-state index in [0.29, 0.717) is 17.9 Å². The van der Waals surface area contributed by atoms with Gasteiger partial charge in [-0.2, -0.15) is 0 Å². The first-order chi connectivity index (χ1) is 11.4. The number of anilines is 2. The van der Waals surface area contributed by atoms with Gasteiger partial charge in [0.1, 0.15) is 11.5 Å².